The van der Waals surface area contributed by atoms with Gasteiger partial charge in [-0.05, 0) is 24.3 Å². The lowest BCUT2D eigenvalue weighted by Crippen LogP contribution is -2.35. The first-order valence-electron chi connectivity index (χ1n) is 7.20. The Morgan fingerprint density at radius 1 is 1.38 bits per heavy atom. The van der Waals surface area contributed by atoms with Gasteiger partial charge >= 0.3 is 0 Å². The highest BCUT2D eigenvalue weighted by molar-refractivity contribution is 7.98. The van der Waals surface area contributed by atoms with E-state index < -0.39 is 0 Å². The summed E-state index contributed by atoms with van der Waals surface area (Å²) in [6, 6.07) is 10.4. The molecule has 3 atom stereocenters. The maximum absolute atomic E-state index is 12.4. The number of amides is 1. The first kappa shape index (κ1) is 18.3. The van der Waals surface area contributed by atoms with Crippen LogP contribution in [0, 0.1) is 11.8 Å². The summed E-state index contributed by atoms with van der Waals surface area (Å²) >= 11 is 1.73. The Morgan fingerprint density at radius 3 is 2.62 bits per heavy atom. The SMILES string of the molecule is CSCC(C)C(=O)N1C[C@@H](CN)[C@H](c2ccccc2)C1.Cl. The fourth-order valence-corrected chi connectivity index (χ4v) is 3.64. The van der Waals surface area contributed by atoms with Gasteiger partial charge < -0.3 is 10.6 Å². The van der Waals surface area contributed by atoms with Crippen molar-refractivity contribution in [2.45, 2.75) is 12.8 Å². The van der Waals surface area contributed by atoms with Crippen LogP contribution in [0.2, 0.25) is 0 Å². The number of carbonyl (C=O) groups is 1. The van der Waals surface area contributed by atoms with E-state index in [4.69, 9.17) is 5.73 Å². The van der Waals surface area contributed by atoms with Gasteiger partial charge in [0.05, 0.1) is 0 Å². The molecule has 0 radical (unpaired) electrons. The van der Waals surface area contributed by atoms with E-state index in [9.17, 15) is 4.79 Å². The van der Waals surface area contributed by atoms with Crippen molar-refractivity contribution in [1.29, 1.82) is 0 Å². The maximum atomic E-state index is 12.4. The molecule has 0 spiro atoms. The normalized spacial score (nSPS) is 22.7. The summed E-state index contributed by atoms with van der Waals surface area (Å²) in [5.41, 5.74) is 7.22. The van der Waals surface area contributed by atoms with Gasteiger partial charge in [-0.2, -0.15) is 11.8 Å². The van der Waals surface area contributed by atoms with Gasteiger partial charge in [0.1, 0.15) is 0 Å². The molecule has 3 nitrogen and oxygen atoms in total. The predicted octanol–water partition coefficient (Wildman–Crippen LogP) is 2.61. The largest absolute Gasteiger partial charge is 0.341 e. The van der Waals surface area contributed by atoms with E-state index in [0.717, 1.165) is 18.8 Å². The molecular weight excluding hydrogens is 304 g/mol. The smallest absolute Gasteiger partial charge is 0.226 e. The van der Waals surface area contributed by atoms with Crippen molar-refractivity contribution < 1.29 is 4.79 Å². The van der Waals surface area contributed by atoms with Crippen LogP contribution in [-0.4, -0.2) is 42.4 Å². The number of benzene rings is 1. The number of halogens is 1. The van der Waals surface area contributed by atoms with E-state index in [0.29, 0.717) is 18.4 Å². The van der Waals surface area contributed by atoms with Gasteiger partial charge in [-0.3, -0.25) is 4.79 Å². The molecule has 2 rings (SSSR count). The molecule has 0 aliphatic carbocycles. The van der Waals surface area contributed by atoms with Gasteiger partial charge in [-0.15, -0.1) is 12.4 Å². The first-order valence-corrected chi connectivity index (χ1v) is 8.59. The van der Waals surface area contributed by atoms with E-state index in [2.05, 4.69) is 24.3 Å². The Hall–Kier alpha value is -0.710. The van der Waals surface area contributed by atoms with Crippen LogP contribution in [0.25, 0.3) is 0 Å². The van der Waals surface area contributed by atoms with E-state index >= 15 is 0 Å². The van der Waals surface area contributed by atoms with Crippen molar-refractivity contribution in [3.05, 3.63) is 35.9 Å². The van der Waals surface area contributed by atoms with Crippen LogP contribution >= 0.6 is 24.2 Å². The number of carbonyl (C=O) groups excluding carboxylic acids is 1. The Kier molecular flexibility index (Phi) is 7.57. The average molecular weight is 329 g/mol. The monoisotopic (exact) mass is 328 g/mol. The minimum absolute atomic E-state index is 0. The molecule has 1 aromatic carbocycles. The number of hydrogen-bond acceptors (Lipinski definition) is 3. The van der Waals surface area contributed by atoms with Gasteiger partial charge in [-0.25, -0.2) is 0 Å². The van der Waals surface area contributed by atoms with Gasteiger partial charge in [0, 0.05) is 30.7 Å². The zero-order valence-electron chi connectivity index (χ0n) is 12.7. The number of thioether (sulfide) groups is 1. The molecule has 1 aliphatic heterocycles. The highest BCUT2D eigenvalue weighted by Crippen LogP contribution is 2.32. The maximum Gasteiger partial charge on any atom is 0.226 e. The predicted molar refractivity (Wildman–Crippen MR) is 93.1 cm³/mol. The van der Waals surface area contributed by atoms with Crippen LogP contribution < -0.4 is 5.73 Å². The van der Waals surface area contributed by atoms with Crippen LogP contribution in [0.3, 0.4) is 0 Å². The van der Waals surface area contributed by atoms with Gasteiger partial charge in [0.25, 0.3) is 0 Å². The Balaban J connectivity index is 0.00000220. The van der Waals surface area contributed by atoms with Crippen molar-refractivity contribution >= 4 is 30.1 Å². The van der Waals surface area contributed by atoms with E-state index in [-0.39, 0.29) is 24.2 Å². The summed E-state index contributed by atoms with van der Waals surface area (Å²) < 4.78 is 0. The van der Waals surface area contributed by atoms with Gasteiger partial charge in [0.15, 0.2) is 0 Å². The molecule has 1 aliphatic rings. The topological polar surface area (TPSA) is 46.3 Å². The summed E-state index contributed by atoms with van der Waals surface area (Å²) in [5.74, 6) is 2.02. The third-order valence-electron chi connectivity index (χ3n) is 4.12. The molecule has 1 aromatic rings. The van der Waals surface area contributed by atoms with Crippen LogP contribution in [0.15, 0.2) is 30.3 Å². The molecule has 21 heavy (non-hydrogen) atoms. The third kappa shape index (κ3) is 4.38. The molecule has 1 saturated heterocycles. The molecule has 1 fully saturated rings. The molecule has 1 unspecified atom stereocenters. The standard InChI is InChI=1S/C16H24N2OS.ClH/c1-12(11-20-2)16(19)18-9-14(8-17)15(10-18)13-6-4-3-5-7-13;/h3-7,12,14-15H,8-11,17H2,1-2H3;1H/t12?,14-,15+;/m1./s1. The Morgan fingerprint density at radius 2 is 2.05 bits per heavy atom. The molecule has 5 heteroatoms. The Labute approximate surface area is 138 Å². The minimum atomic E-state index is 0. The molecule has 1 heterocycles. The zero-order valence-corrected chi connectivity index (χ0v) is 14.3. The number of hydrogen-bond donors (Lipinski definition) is 1. The lowest BCUT2D eigenvalue weighted by molar-refractivity contribution is -0.133. The van der Waals surface area contributed by atoms with Crippen molar-refractivity contribution in [2.24, 2.45) is 17.6 Å². The molecule has 0 saturated carbocycles. The molecule has 1 amide bonds. The van der Waals surface area contributed by atoms with E-state index in [1.54, 1.807) is 11.8 Å². The lowest BCUT2D eigenvalue weighted by Gasteiger charge is -2.20. The van der Waals surface area contributed by atoms with Gasteiger partial charge in [0.2, 0.25) is 5.91 Å². The first-order chi connectivity index (χ1) is 9.67. The van der Waals surface area contributed by atoms with Gasteiger partial charge in [-0.1, -0.05) is 37.3 Å². The molecule has 0 aromatic heterocycles. The minimum Gasteiger partial charge on any atom is -0.341 e. The summed E-state index contributed by atoms with van der Waals surface area (Å²) in [6.07, 6.45) is 2.04. The van der Waals surface area contributed by atoms with Crippen LogP contribution in [0.5, 0.6) is 0 Å². The molecule has 0 bridgehead atoms. The van der Waals surface area contributed by atoms with E-state index in [1.807, 2.05) is 24.1 Å². The summed E-state index contributed by atoms with van der Waals surface area (Å²) in [6.45, 7) is 4.27. The van der Waals surface area contributed by atoms with Crippen molar-refractivity contribution in [1.82, 2.24) is 4.90 Å². The van der Waals surface area contributed by atoms with Crippen molar-refractivity contribution in [3.8, 4) is 0 Å². The lowest BCUT2D eigenvalue weighted by atomic mass is 9.89. The van der Waals surface area contributed by atoms with Crippen LogP contribution in [0.4, 0.5) is 0 Å². The number of rotatable bonds is 5. The number of likely N-dealkylation sites (tertiary alicyclic amines) is 1. The third-order valence-corrected chi connectivity index (χ3v) is 4.95. The highest BCUT2D eigenvalue weighted by Gasteiger charge is 2.36. The van der Waals surface area contributed by atoms with Crippen molar-refractivity contribution in [2.75, 3.05) is 31.6 Å². The second-order valence-corrected chi connectivity index (χ2v) is 6.52. The number of nitrogens with zero attached hydrogens (tertiary/aromatic N) is 1. The fourth-order valence-electron chi connectivity index (χ4n) is 3.00. The number of nitrogens with two attached hydrogens (primary N) is 1. The fraction of sp³-hybridized carbons (Fsp3) is 0.562. The summed E-state index contributed by atoms with van der Waals surface area (Å²) in [5, 5.41) is 0. The molecule has 2 N–H and O–H groups in total. The zero-order chi connectivity index (χ0) is 14.5. The summed E-state index contributed by atoms with van der Waals surface area (Å²) in [7, 11) is 0. The quantitative estimate of drug-likeness (QED) is 0.903. The second-order valence-electron chi connectivity index (χ2n) is 5.61. The summed E-state index contributed by atoms with van der Waals surface area (Å²) in [4.78, 5) is 14.5. The van der Waals surface area contributed by atoms with Crippen molar-refractivity contribution in [3.63, 3.8) is 0 Å². The van der Waals surface area contributed by atoms with Crippen LogP contribution in [-0.2, 0) is 4.79 Å². The average Bonchev–Trinajstić information content (AvgIpc) is 2.91. The van der Waals surface area contributed by atoms with Crippen LogP contribution in [0.1, 0.15) is 18.4 Å². The van der Waals surface area contributed by atoms with E-state index in [1.165, 1.54) is 5.56 Å². The second kappa shape index (κ2) is 8.66. The highest BCUT2D eigenvalue weighted by atomic mass is 35.5. The molecular formula is C16H25ClN2OS. The Bertz CT molecular complexity index is 443. The molecule has 118 valence electrons.